The molecule has 1 rings (SSSR count). The molecule has 4 atom stereocenters. The van der Waals surface area contributed by atoms with Crippen LogP contribution in [0.25, 0.3) is 0 Å². The van der Waals surface area contributed by atoms with Crippen LogP contribution in [0.3, 0.4) is 0 Å². The van der Waals surface area contributed by atoms with Gasteiger partial charge in [-0.05, 0) is 6.42 Å². The van der Waals surface area contributed by atoms with Gasteiger partial charge in [-0.3, -0.25) is 4.79 Å². The summed E-state index contributed by atoms with van der Waals surface area (Å²) in [6.07, 6.45) is 13.4. The minimum atomic E-state index is -2.10. The van der Waals surface area contributed by atoms with Crippen molar-refractivity contribution in [1.29, 1.82) is 0 Å². The van der Waals surface area contributed by atoms with Gasteiger partial charge in [-0.15, -0.1) is 0 Å². The summed E-state index contributed by atoms with van der Waals surface area (Å²) in [6.45, 7) is 1.73. The minimum absolute atomic E-state index is 0.198. The molecule has 1 aliphatic rings. The number of ketones is 1. The van der Waals surface area contributed by atoms with Crippen LogP contribution in [0.4, 0.5) is 0 Å². The molecule has 0 aliphatic carbocycles. The normalized spacial score (nSPS) is 26.9. The molecule has 4 N–H and O–H groups in total. The van der Waals surface area contributed by atoms with Gasteiger partial charge in [0.15, 0.2) is 0 Å². The van der Waals surface area contributed by atoms with E-state index in [0.29, 0.717) is 6.42 Å². The van der Waals surface area contributed by atoms with Crippen LogP contribution >= 0.6 is 0 Å². The monoisotopic (exact) mass is 416 g/mol. The van der Waals surface area contributed by atoms with Crippen LogP contribution in [-0.4, -0.2) is 56.9 Å². The van der Waals surface area contributed by atoms with Crippen LogP contribution in [0.5, 0.6) is 0 Å². The van der Waals surface area contributed by atoms with Crippen LogP contribution in [0.2, 0.25) is 0 Å². The molecule has 0 amide bonds. The summed E-state index contributed by atoms with van der Waals surface area (Å²) in [7, 11) is 0. The Morgan fingerprint density at radius 2 is 1.28 bits per heavy atom. The van der Waals surface area contributed by atoms with Crippen LogP contribution in [-0.2, 0) is 9.53 Å². The lowest BCUT2D eigenvalue weighted by molar-refractivity contribution is -0.231. The Hall–Kier alpha value is -0.530. The highest BCUT2D eigenvalue weighted by atomic mass is 16.7. The van der Waals surface area contributed by atoms with Crippen molar-refractivity contribution in [2.24, 2.45) is 0 Å². The van der Waals surface area contributed by atoms with Crippen LogP contribution in [0, 0.1) is 0 Å². The number of rotatable bonds is 18. The van der Waals surface area contributed by atoms with Gasteiger partial charge < -0.3 is 25.2 Å². The first kappa shape index (κ1) is 26.5. The lowest BCUT2D eigenvalue weighted by Crippen LogP contribution is -2.44. The Labute approximate surface area is 176 Å². The Bertz CT molecular complexity index is 430. The van der Waals surface area contributed by atoms with Gasteiger partial charge in [-0.1, -0.05) is 90.4 Å². The molecular formula is C23H44O6. The molecule has 29 heavy (non-hydrogen) atoms. The van der Waals surface area contributed by atoms with Gasteiger partial charge in [0.1, 0.15) is 24.1 Å². The van der Waals surface area contributed by atoms with Crippen molar-refractivity contribution in [2.45, 2.75) is 134 Å². The molecule has 0 aromatic carbocycles. The maximum Gasteiger partial charge on any atom is 0.202 e. The molecule has 0 spiro atoms. The zero-order valence-electron chi connectivity index (χ0n) is 18.4. The first-order chi connectivity index (χ1) is 13.9. The number of Topliss-reactive ketones (excluding diaryl/α,β-unsaturated/α-hetero) is 1. The molecular weight excluding hydrogens is 372 g/mol. The third-order valence-corrected chi connectivity index (χ3v) is 5.96. The number of aliphatic hydroxyl groups excluding tert-OH is 3. The maximum atomic E-state index is 12.1. The molecule has 0 aromatic heterocycles. The fraction of sp³-hybridized carbons (Fsp3) is 0.957. The number of hydrogen-bond acceptors (Lipinski definition) is 6. The van der Waals surface area contributed by atoms with E-state index in [-0.39, 0.29) is 12.2 Å². The number of unbranched alkanes of at least 4 members (excludes halogenated alkanes) is 13. The first-order valence-corrected chi connectivity index (χ1v) is 11.8. The van der Waals surface area contributed by atoms with Gasteiger partial charge in [0.25, 0.3) is 0 Å². The zero-order chi connectivity index (χ0) is 21.5. The highest BCUT2D eigenvalue weighted by Crippen LogP contribution is 2.32. The van der Waals surface area contributed by atoms with Gasteiger partial charge in [0.05, 0.1) is 13.0 Å². The Kier molecular flexibility index (Phi) is 14.0. The SMILES string of the molecule is CCCCCCCCCCCCCCCCC(=O)C[C@]1(O)O[C@H](CO)[C@H](O)[C@H]1O. The van der Waals surface area contributed by atoms with E-state index in [4.69, 9.17) is 9.84 Å². The topological polar surface area (TPSA) is 107 Å². The summed E-state index contributed by atoms with van der Waals surface area (Å²) in [5.74, 6) is -2.30. The lowest BCUT2D eigenvalue weighted by atomic mass is 9.97. The van der Waals surface area contributed by atoms with Crippen LogP contribution < -0.4 is 0 Å². The van der Waals surface area contributed by atoms with E-state index in [1.165, 1.54) is 70.6 Å². The van der Waals surface area contributed by atoms with E-state index in [1.807, 2.05) is 0 Å². The summed E-state index contributed by atoms with van der Waals surface area (Å²) in [5.41, 5.74) is 0. The van der Waals surface area contributed by atoms with Crippen molar-refractivity contribution in [2.75, 3.05) is 6.61 Å². The first-order valence-electron chi connectivity index (χ1n) is 11.8. The van der Waals surface area contributed by atoms with Crippen molar-refractivity contribution in [1.82, 2.24) is 0 Å². The number of carbonyl (C=O) groups is 1. The molecule has 1 aliphatic heterocycles. The largest absolute Gasteiger partial charge is 0.394 e. The van der Waals surface area contributed by atoms with Gasteiger partial charge in [-0.2, -0.15) is 0 Å². The molecule has 6 heteroatoms. The van der Waals surface area contributed by atoms with Crippen molar-refractivity contribution in [3.8, 4) is 0 Å². The number of carbonyl (C=O) groups excluding carboxylic acids is 1. The second-order valence-electron chi connectivity index (χ2n) is 8.68. The smallest absolute Gasteiger partial charge is 0.202 e. The molecule has 0 radical (unpaired) electrons. The maximum absolute atomic E-state index is 12.1. The standard InChI is InChI=1S/C23H44O6/c1-2-3-4-5-6-7-8-9-10-11-12-13-14-15-16-19(25)17-23(28)22(27)21(26)20(18-24)29-23/h20-22,24,26-28H,2-18H2,1H3/t20-,21+,22-,23+/m1/s1. The third kappa shape index (κ3) is 10.4. The van der Waals surface area contributed by atoms with Crippen molar-refractivity contribution < 1.29 is 30.0 Å². The van der Waals surface area contributed by atoms with Gasteiger partial charge in [0, 0.05) is 6.42 Å². The van der Waals surface area contributed by atoms with Crippen LogP contribution in [0.15, 0.2) is 0 Å². The van der Waals surface area contributed by atoms with E-state index in [2.05, 4.69) is 6.92 Å². The Morgan fingerprint density at radius 3 is 1.69 bits per heavy atom. The van der Waals surface area contributed by atoms with Crippen molar-refractivity contribution in [3.05, 3.63) is 0 Å². The molecule has 0 aromatic rings. The third-order valence-electron chi connectivity index (χ3n) is 5.96. The zero-order valence-corrected chi connectivity index (χ0v) is 18.4. The Morgan fingerprint density at radius 1 is 0.828 bits per heavy atom. The predicted molar refractivity (Wildman–Crippen MR) is 113 cm³/mol. The molecule has 0 saturated carbocycles. The molecule has 6 nitrogen and oxygen atoms in total. The fourth-order valence-electron chi connectivity index (χ4n) is 4.05. The van der Waals surface area contributed by atoms with Gasteiger partial charge in [0.2, 0.25) is 5.79 Å². The number of ether oxygens (including phenoxy) is 1. The highest BCUT2D eigenvalue weighted by molar-refractivity contribution is 5.79. The summed E-state index contributed by atoms with van der Waals surface area (Å²) in [4.78, 5) is 12.1. The highest BCUT2D eigenvalue weighted by Gasteiger charge is 2.53. The average molecular weight is 417 g/mol. The molecule has 0 bridgehead atoms. The number of aliphatic hydroxyl groups is 4. The molecule has 1 fully saturated rings. The Balaban J connectivity index is 1.95. The van der Waals surface area contributed by atoms with Gasteiger partial charge in [-0.25, -0.2) is 0 Å². The minimum Gasteiger partial charge on any atom is -0.394 e. The predicted octanol–water partition coefficient (Wildman–Crippen LogP) is 3.62. The quantitative estimate of drug-likeness (QED) is 0.254. The summed E-state index contributed by atoms with van der Waals surface area (Å²) < 4.78 is 5.10. The average Bonchev–Trinajstić information content (AvgIpc) is 2.91. The fourth-order valence-corrected chi connectivity index (χ4v) is 4.05. The molecule has 0 unspecified atom stereocenters. The van der Waals surface area contributed by atoms with E-state index in [9.17, 15) is 20.1 Å². The van der Waals surface area contributed by atoms with E-state index < -0.39 is 30.7 Å². The summed E-state index contributed by atoms with van der Waals surface area (Å²) in [6, 6.07) is 0. The van der Waals surface area contributed by atoms with Gasteiger partial charge >= 0.3 is 0 Å². The molecule has 1 saturated heterocycles. The molecule has 1 heterocycles. The second-order valence-corrected chi connectivity index (χ2v) is 8.68. The van der Waals surface area contributed by atoms with E-state index in [0.717, 1.165) is 19.3 Å². The summed E-state index contributed by atoms with van der Waals surface area (Å²) in [5, 5.41) is 38.9. The van der Waals surface area contributed by atoms with Crippen molar-refractivity contribution in [3.63, 3.8) is 0 Å². The second kappa shape index (κ2) is 15.3. The van der Waals surface area contributed by atoms with Crippen molar-refractivity contribution >= 4 is 5.78 Å². The number of hydrogen-bond donors (Lipinski definition) is 4. The van der Waals surface area contributed by atoms with Crippen LogP contribution in [0.1, 0.15) is 110 Å². The van der Waals surface area contributed by atoms with E-state index in [1.54, 1.807) is 0 Å². The lowest BCUT2D eigenvalue weighted by Gasteiger charge is -2.25. The van der Waals surface area contributed by atoms with E-state index >= 15 is 0 Å². The molecule has 172 valence electrons. The summed E-state index contributed by atoms with van der Waals surface area (Å²) >= 11 is 0.